The summed E-state index contributed by atoms with van der Waals surface area (Å²) in [5, 5.41) is 0. The van der Waals surface area contributed by atoms with Gasteiger partial charge in [-0.3, -0.25) is 0 Å². The van der Waals surface area contributed by atoms with E-state index in [9.17, 15) is 0 Å². The smallest absolute Gasteiger partial charge is 0.132 e. The normalized spacial score (nSPS) is 11.9. The molecule has 0 aliphatic heterocycles. The highest BCUT2D eigenvalue weighted by atomic mass is 16.5. The van der Waals surface area contributed by atoms with Crippen molar-refractivity contribution in [2.75, 3.05) is 7.11 Å². The van der Waals surface area contributed by atoms with Crippen LogP contribution in [-0.4, -0.2) is 7.11 Å². The Hall–Kier alpha value is -2.00. The first-order valence-corrected chi connectivity index (χ1v) is 6.41. The summed E-state index contributed by atoms with van der Waals surface area (Å²) in [5.74, 6) is 2.31. The fraction of sp³-hybridized carbons (Fsp3) is 0.250. The molecule has 0 aromatic heterocycles. The second kappa shape index (κ2) is 6.25. The zero-order valence-corrected chi connectivity index (χ0v) is 11.3. The van der Waals surface area contributed by atoms with E-state index >= 15 is 0 Å². The van der Waals surface area contributed by atoms with Crippen LogP contribution in [0.3, 0.4) is 0 Å². The highest BCUT2D eigenvalue weighted by Gasteiger charge is 2.10. The molecule has 0 aliphatic carbocycles. The van der Waals surface area contributed by atoms with Crippen LogP contribution in [0.25, 0.3) is 0 Å². The molecule has 0 bridgehead atoms. The molecule has 19 heavy (non-hydrogen) atoms. The van der Waals surface area contributed by atoms with Crippen molar-refractivity contribution >= 4 is 0 Å². The number of ether oxygens (including phenoxy) is 2. The fourth-order valence-electron chi connectivity index (χ4n) is 1.89. The van der Waals surface area contributed by atoms with Crippen LogP contribution < -0.4 is 15.2 Å². The Balaban J connectivity index is 2.27. The van der Waals surface area contributed by atoms with Crippen molar-refractivity contribution in [3.05, 3.63) is 54.1 Å². The predicted octanol–water partition coefficient (Wildman–Crippen LogP) is 3.90. The second-order valence-electron chi connectivity index (χ2n) is 4.33. The Labute approximate surface area is 114 Å². The van der Waals surface area contributed by atoms with Gasteiger partial charge in [0.15, 0.2) is 0 Å². The van der Waals surface area contributed by atoms with Gasteiger partial charge in [0.25, 0.3) is 0 Å². The topological polar surface area (TPSA) is 44.5 Å². The van der Waals surface area contributed by atoms with Crippen LogP contribution in [0.4, 0.5) is 0 Å². The highest BCUT2D eigenvalue weighted by molar-refractivity contribution is 5.41. The first-order chi connectivity index (χ1) is 9.24. The van der Waals surface area contributed by atoms with Crippen LogP contribution in [0.15, 0.2) is 48.5 Å². The van der Waals surface area contributed by atoms with Crippen LogP contribution in [0.2, 0.25) is 0 Å². The molecule has 100 valence electrons. The minimum absolute atomic E-state index is 0.0122. The van der Waals surface area contributed by atoms with Gasteiger partial charge in [-0.2, -0.15) is 0 Å². The molecule has 0 heterocycles. The quantitative estimate of drug-likeness (QED) is 0.883. The third kappa shape index (κ3) is 3.26. The summed E-state index contributed by atoms with van der Waals surface area (Å²) in [6, 6.07) is 15.4. The average molecular weight is 257 g/mol. The predicted molar refractivity (Wildman–Crippen MR) is 76.7 cm³/mol. The molecule has 0 spiro atoms. The van der Waals surface area contributed by atoms with Crippen LogP contribution in [0, 0.1) is 0 Å². The molecule has 2 aromatic carbocycles. The summed E-state index contributed by atoms with van der Waals surface area (Å²) in [5.41, 5.74) is 7.12. The number of rotatable bonds is 5. The van der Waals surface area contributed by atoms with Gasteiger partial charge in [0.1, 0.15) is 17.2 Å². The maximum atomic E-state index is 6.10. The highest BCUT2D eigenvalue weighted by Crippen LogP contribution is 2.31. The molecule has 0 unspecified atom stereocenters. The molecule has 3 heteroatoms. The number of benzene rings is 2. The van der Waals surface area contributed by atoms with Gasteiger partial charge in [0.2, 0.25) is 0 Å². The van der Waals surface area contributed by atoms with Crippen molar-refractivity contribution in [1.29, 1.82) is 0 Å². The van der Waals surface area contributed by atoms with Gasteiger partial charge >= 0.3 is 0 Å². The van der Waals surface area contributed by atoms with E-state index in [4.69, 9.17) is 15.2 Å². The zero-order valence-electron chi connectivity index (χ0n) is 11.3. The van der Waals surface area contributed by atoms with E-state index in [0.29, 0.717) is 0 Å². The number of para-hydroxylation sites is 1. The van der Waals surface area contributed by atoms with Gasteiger partial charge in [0.05, 0.1) is 7.11 Å². The summed E-state index contributed by atoms with van der Waals surface area (Å²) >= 11 is 0. The lowest BCUT2D eigenvalue weighted by Crippen LogP contribution is -2.09. The molecule has 2 aromatic rings. The molecular formula is C16H19NO2. The monoisotopic (exact) mass is 257 g/mol. The average Bonchev–Trinajstić information content (AvgIpc) is 2.47. The molecule has 0 amide bonds. The Morgan fingerprint density at radius 1 is 1.05 bits per heavy atom. The van der Waals surface area contributed by atoms with Crippen LogP contribution in [-0.2, 0) is 0 Å². The molecule has 0 fully saturated rings. The van der Waals surface area contributed by atoms with Gasteiger partial charge in [0, 0.05) is 17.7 Å². The molecule has 2 N–H and O–H groups in total. The Morgan fingerprint density at radius 2 is 1.79 bits per heavy atom. The lowest BCUT2D eigenvalue weighted by molar-refractivity contribution is 0.408. The minimum Gasteiger partial charge on any atom is -0.497 e. The maximum Gasteiger partial charge on any atom is 0.132 e. The third-order valence-corrected chi connectivity index (χ3v) is 3.03. The lowest BCUT2D eigenvalue weighted by atomic mass is 10.0. The van der Waals surface area contributed by atoms with E-state index in [1.54, 1.807) is 7.11 Å². The van der Waals surface area contributed by atoms with Crippen LogP contribution >= 0.6 is 0 Å². The number of methoxy groups -OCH3 is 1. The summed E-state index contributed by atoms with van der Waals surface area (Å²) in [4.78, 5) is 0. The first kappa shape index (κ1) is 13.4. The van der Waals surface area contributed by atoms with Crippen LogP contribution in [0.1, 0.15) is 24.9 Å². The summed E-state index contributed by atoms with van der Waals surface area (Å²) < 4.78 is 11.1. The first-order valence-electron chi connectivity index (χ1n) is 6.41. The summed E-state index contributed by atoms with van der Waals surface area (Å²) in [7, 11) is 1.64. The molecule has 0 saturated heterocycles. The second-order valence-corrected chi connectivity index (χ2v) is 4.33. The van der Waals surface area contributed by atoms with Gasteiger partial charge in [-0.1, -0.05) is 31.2 Å². The standard InChI is InChI=1S/C16H19NO2/c1-3-15(17)14-9-4-5-10-16(14)19-13-8-6-7-12(11-13)18-2/h4-11,15H,3,17H2,1-2H3/t15-/m1/s1. The molecular weight excluding hydrogens is 238 g/mol. The Kier molecular flexibility index (Phi) is 4.42. The SMILES string of the molecule is CC[C@@H](N)c1ccccc1Oc1cccc(OC)c1. The van der Waals surface area contributed by atoms with Gasteiger partial charge in [-0.05, 0) is 24.6 Å². The van der Waals surface area contributed by atoms with E-state index in [2.05, 4.69) is 6.92 Å². The lowest BCUT2D eigenvalue weighted by Gasteiger charge is -2.15. The molecule has 0 aliphatic rings. The van der Waals surface area contributed by atoms with Gasteiger partial charge in [-0.15, -0.1) is 0 Å². The third-order valence-electron chi connectivity index (χ3n) is 3.03. The van der Waals surface area contributed by atoms with Crippen molar-refractivity contribution in [1.82, 2.24) is 0 Å². The van der Waals surface area contributed by atoms with Crippen molar-refractivity contribution in [3.63, 3.8) is 0 Å². The van der Waals surface area contributed by atoms with E-state index < -0.39 is 0 Å². The molecule has 1 atom stereocenters. The number of nitrogens with two attached hydrogens (primary N) is 1. The van der Waals surface area contributed by atoms with Crippen molar-refractivity contribution < 1.29 is 9.47 Å². The number of hydrogen-bond donors (Lipinski definition) is 1. The number of hydrogen-bond acceptors (Lipinski definition) is 3. The fourth-order valence-corrected chi connectivity index (χ4v) is 1.89. The van der Waals surface area contributed by atoms with Crippen molar-refractivity contribution in [3.8, 4) is 17.2 Å². The molecule has 2 rings (SSSR count). The van der Waals surface area contributed by atoms with E-state index in [-0.39, 0.29) is 6.04 Å². The Bertz CT molecular complexity index is 540. The van der Waals surface area contributed by atoms with Gasteiger partial charge < -0.3 is 15.2 Å². The van der Waals surface area contributed by atoms with Gasteiger partial charge in [-0.25, -0.2) is 0 Å². The molecule has 0 radical (unpaired) electrons. The minimum atomic E-state index is -0.0122. The van der Waals surface area contributed by atoms with Crippen molar-refractivity contribution in [2.24, 2.45) is 5.73 Å². The van der Waals surface area contributed by atoms with E-state index in [1.807, 2.05) is 48.5 Å². The van der Waals surface area contributed by atoms with Crippen molar-refractivity contribution in [2.45, 2.75) is 19.4 Å². The van der Waals surface area contributed by atoms with E-state index in [1.165, 1.54) is 0 Å². The molecule has 0 saturated carbocycles. The Morgan fingerprint density at radius 3 is 2.53 bits per heavy atom. The van der Waals surface area contributed by atoms with Crippen LogP contribution in [0.5, 0.6) is 17.2 Å². The largest absolute Gasteiger partial charge is 0.497 e. The summed E-state index contributed by atoms with van der Waals surface area (Å²) in [6.45, 7) is 2.06. The maximum absolute atomic E-state index is 6.10. The molecule has 3 nitrogen and oxygen atoms in total. The zero-order chi connectivity index (χ0) is 13.7. The summed E-state index contributed by atoms with van der Waals surface area (Å²) in [6.07, 6.45) is 0.873. The van der Waals surface area contributed by atoms with E-state index in [0.717, 1.165) is 29.2 Å².